The van der Waals surface area contributed by atoms with Gasteiger partial charge in [0.15, 0.2) is 0 Å². The average molecular weight is 127 g/mol. The first-order valence-corrected chi connectivity index (χ1v) is 3.06. The number of nitrogens with zero attached hydrogens (tertiary/aromatic N) is 3. The zero-order valence-electron chi connectivity index (χ0n) is 4.40. The highest BCUT2D eigenvalue weighted by atomic mass is 32.1. The molecular formula is C4H5N3S. The van der Waals surface area contributed by atoms with Crippen LogP contribution in [0.2, 0.25) is 0 Å². The summed E-state index contributed by atoms with van der Waals surface area (Å²) >= 11 is 1.43. The quantitative estimate of drug-likeness (QED) is 0.532. The van der Waals surface area contributed by atoms with Gasteiger partial charge in [0, 0.05) is 6.21 Å². The van der Waals surface area contributed by atoms with Crippen LogP contribution in [0.4, 0.5) is 5.13 Å². The van der Waals surface area contributed by atoms with Crippen LogP contribution in [0.1, 0.15) is 6.92 Å². The minimum absolute atomic E-state index is 0.715. The van der Waals surface area contributed by atoms with Gasteiger partial charge in [-0.1, -0.05) is 11.3 Å². The topological polar surface area (TPSA) is 38.1 Å². The lowest BCUT2D eigenvalue weighted by atomic mass is 10.9. The van der Waals surface area contributed by atoms with E-state index < -0.39 is 0 Å². The minimum Gasteiger partial charge on any atom is -0.231 e. The van der Waals surface area contributed by atoms with E-state index in [0.29, 0.717) is 5.13 Å². The van der Waals surface area contributed by atoms with Crippen molar-refractivity contribution in [2.75, 3.05) is 0 Å². The molecule has 0 unspecified atom stereocenters. The van der Waals surface area contributed by atoms with Crippen molar-refractivity contribution >= 4 is 22.7 Å². The second-order valence-corrected chi connectivity index (χ2v) is 1.92. The fourth-order valence-corrected chi connectivity index (χ4v) is 0.783. The van der Waals surface area contributed by atoms with Crippen molar-refractivity contribution in [3.8, 4) is 0 Å². The standard InChI is InChI=1S/C4H5N3S/c1-2-5-4-7-6-3-8-4/h2-3H,1H3/b5-2+. The Morgan fingerprint density at radius 2 is 2.75 bits per heavy atom. The van der Waals surface area contributed by atoms with Gasteiger partial charge in [-0.3, -0.25) is 0 Å². The van der Waals surface area contributed by atoms with Crippen molar-refractivity contribution in [3.63, 3.8) is 0 Å². The molecule has 4 heteroatoms. The average Bonchev–Trinajstić information content (AvgIpc) is 2.19. The summed E-state index contributed by atoms with van der Waals surface area (Å²) < 4.78 is 0. The van der Waals surface area contributed by atoms with Crippen LogP contribution in [0.15, 0.2) is 10.5 Å². The zero-order chi connectivity index (χ0) is 5.82. The molecule has 0 aliphatic rings. The van der Waals surface area contributed by atoms with Crippen molar-refractivity contribution in [3.05, 3.63) is 5.51 Å². The van der Waals surface area contributed by atoms with Crippen LogP contribution >= 0.6 is 11.3 Å². The highest BCUT2D eigenvalue weighted by Crippen LogP contribution is 2.10. The predicted molar refractivity (Wildman–Crippen MR) is 33.7 cm³/mol. The Balaban J connectivity index is 2.77. The molecule has 0 spiro atoms. The highest BCUT2D eigenvalue weighted by molar-refractivity contribution is 7.13. The van der Waals surface area contributed by atoms with Gasteiger partial charge in [0.2, 0.25) is 5.13 Å². The molecule has 0 radical (unpaired) electrons. The second-order valence-electron chi connectivity index (χ2n) is 1.11. The smallest absolute Gasteiger partial charge is 0.230 e. The lowest BCUT2D eigenvalue weighted by Crippen LogP contribution is -1.62. The number of hydrogen-bond acceptors (Lipinski definition) is 4. The molecule has 0 atom stereocenters. The van der Waals surface area contributed by atoms with Gasteiger partial charge >= 0.3 is 0 Å². The van der Waals surface area contributed by atoms with Gasteiger partial charge in [-0.25, -0.2) is 4.99 Å². The van der Waals surface area contributed by atoms with Crippen molar-refractivity contribution < 1.29 is 0 Å². The van der Waals surface area contributed by atoms with Crippen LogP contribution in [0.5, 0.6) is 0 Å². The molecule has 0 aliphatic carbocycles. The number of rotatable bonds is 1. The Morgan fingerprint density at radius 1 is 1.88 bits per heavy atom. The normalized spacial score (nSPS) is 10.6. The van der Waals surface area contributed by atoms with Crippen LogP contribution in [0, 0.1) is 0 Å². The molecule has 1 aromatic heterocycles. The molecule has 0 aliphatic heterocycles. The SMILES string of the molecule is C/C=N/c1nncs1. The lowest BCUT2D eigenvalue weighted by molar-refractivity contribution is 1.08. The monoisotopic (exact) mass is 127 g/mol. The first-order chi connectivity index (χ1) is 3.93. The minimum atomic E-state index is 0.715. The summed E-state index contributed by atoms with van der Waals surface area (Å²) in [4.78, 5) is 3.89. The zero-order valence-corrected chi connectivity index (χ0v) is 5.22. The molecular weight excluding hydrogens is 122 g/mol. The van der Waals surface area contributed by atoms with E-state index in [4.69, 9.17) is 0 Å². The van der Waals surface area contributed by atoms with E-state index >= 15 is 0 Å². The Kier molecular flexibility index (Phi) is 1.69. The molecule has 0 amide bonds. The van der Waals surface area contributed by atoms with Gasteiger partial charge < -0.3 is 0 Å². The van der Waals surface area contributed by atoms with Crippen LogP contribution in [0.25, 0.3) is 0 Å². The van der Waals surface area contributed by atoms with Crippen molar-refractivity contribution in [1.82, 2.24) is 10.2 Å². The molecule has 8 heavy (non-hydrogen) atoms. The van der Waals surface area contributed by atoms with Gasteiger partial charge in [0.25, 0.3) is 0 Å². The van der Waals surface area contributed by atoms with Crippen molar-refractivity contribution in [2.24, 2.45) is 4.99 Å². The highest BCUT2D eigenvalue weighted by Gasteiger charge is 1.85. The molecule has 0 fully saturated rings. The molecule has 1 rings (SSSR count). The summed E-state index contributed by atoms with van der Waals surface area (Å²) in [6, 6.07) is 0. The van der Waals surface area contributed by atoms with E-state index in [1.54, 1.807) is 11.7 Å². The van der Waals surface area contributed by atoms with Crippen LogP contribution in [-0.2, 0) is 0 Å². The number of aromatic nitrogens is 2. The van der Waals surface area contributed by atoms with Crippen LogP contribution in [0.3, 0.4) is 0 Å². The van der Waals surface area contributed by atoms with Crippen LogP contribution in [-0.4, -0.2) is 16.4 Å². The van der Waals surface area contributed by atoms with Gasteiger partial charge in [0.05, 0.1) is 0 Å². The Bertz CT molecular complexity index is 167. The first-order valence-electron chi connectivity index (χ1n) is 2.18. The summed E-state index contributed by atoms with van der Waals surface area (Å²) in [6.45, 7) is 1.85. The van der Waals surface area contributed by atoms with Crippen LogP contribution < -0.4 is 0 Å². The van der Waals surface area contributed by atoms with Gasteiger partial charge in [0.1, 0.15) is 5.51 Å². The summed E-state index contributed by atoms with van der Waals surface area (Å²) in [5.74, 6) is 0. The molecule has 3 nitrogen and oxygen atoms in total. The third-order valence-electron chi connectivity index (χ3n) is 0.588. The van der Waals surface area contributed by atoms with E-state index in [2.05, 4.69) is 15.2 Å². The van der Waals surface area contributed by atoms with Gasteiger partial charge in [-0.05, 0) is 6.92 Å². The van der Waals surface area contributed by atoms with E-state index in [0.717, 1.165) is 0 Å². The molecule has 0 saturated carbocycles. The number of aliphatic imine (C=N–C) groups is 1. The summed E-state index contributed by atoms with van der Waals surface area (Å²) in [7, 11) is 0. The van der Waals surface area contributed by atoms with Gasteiger partial charge in [-0.15, -0.1) is 10.2 Å². The van der Waals surface area contributed by atoms with E-state index in [9.17, 15) is 0 Å². The van der Waals surface area contributed by atoms with Gasteiger partial charge in [-0.2, -0.15) is 0 Å². The Morgan fingerprint density at radius 3 is 3.25 bits per heavy atom. The maximum atomic E-state index is 3.89. The van der Waals surface area contributed by atoms with E-state index in [-0.39, 0.29) is 0 Å². The molecule has 0 bridgehead atoms. The molecule has 1 heterocycles. The van der Waals surface area contributed by atoms with Crippen molar-refractivity contribution in [1.29, 1.82) is 0 Å². The summed E-state index contributed by atoms with van der Waals surface area (Å²) in [6.07, 6.45) is 1.69. The lowest BCUT2D eigenvalue weighted by Gasteiger charge is -1.72. The third-order valence-corrected chi connectivity index (χ3v) is 1.19. The second kappa shape index (κ2) is 2.52. The molecule has 0 N–H and O–H groups in total. The number of hydrogen-bond donors (Lipinski definition) is 0. The largest absolute Gasteiger partial charge is 0.231 e. The molecule has 42 valence electrons. The van der Waals surface area contributed by atoms with Crippen molar-refractivity contribution in [2.45, 2.75) is 6.92 Å². The summed E-state index contributed by atoms with van der Waals surface area (Å²) in [5, 5.41) is 7.99. The first kappa shape index (κ1) is 5.37. The Labute approximate surface area is 51.1 Å². The Hall–Kier alpha value is -0.770. The molecule has 0 aromatic carbocycles. The maximum Gasteiger partial charge on any atom is 0.230 e. The summed E-state index contributed by atoms with van der Waals surface area (Å²) in [5.41, 5.74) is 1.66. The fourth-order valence-electron chi connectivity index (χ4n) is 0.334. The maximum absolute atomic E-state index is 3.89. The van der Waals surface area contributed by atoms with E-state index in [1.165, 1.54) is 11.3 Å². The third kappa shape index (κ3) is 1.10. The fraction of sp³-hybridized carbons (Fsp3) is 0.250. The molecule has 0 saturated heterocycles. The molecule has 1 aromatic rings. The van der Waals surface area contributed by atoms with E-state index in [1.807, 2.05) is 6.92 Å². The predicted octanol–water partition coefficient (Wildman–Crippen LogP) is 1.26.